The zero-order valence-corrected chi connectivity index (χ0v) is 24.0. The number of benzene rings is 8. The third kappa shape index (κ3) is 2.90. The third-order valence-corrected chi connectivity index (χ3v) is 9.74. The molecule has 0 atom stereocenters. The Labute approximate surface area is 256 Å². The van der Waals surface area contributed by atoms with Gasteiger partial charge in [0.25, 0.3) is 0 Å². The Hall–Kier alpha value is -6.06. The number of aromatic nitrogens is 1. The van der Waals surface area contributed by atoms with Crippen LogP contribution in [0.2, 0.25) is 0 Å². The van der Waals surface area contributed by atoms with Gasteiger partial charge in [0.1, 0.15) is 11.2 Å². The molecule has 208 valence electrons. The molecule has 0 saturated carbocycles. The molecule has 3 nitrogen and oxygen atoms in total. The van der Waals surface area contributed by atoms with Crippen LogP contribution >= 0.6 is 0 Å². The van der Waals surface area contributed by atoms with Gasteiger partial charge >= 0.3 is 0 Å². The minimum atomic E-state index is 0.788. The fourth-order valence-corrected chi connectivity index (χ4v) is 7.93. The van der Waals surface area contributed by atoms with E-state index in [4.69, 9.17) is 8.83 Å². The van der Waals surface area contributed by atoms with E-state index in [0.717, 1.165) is 60.6 Å². The predicted octanol–water partition coefficient (Wildman–Crippen LogP) is 12.0. The lowest BCUT2D eigenvalue weighted by Crippen LogP contribution is -1.95. The smallest absolute Gasteiger partial charge is 0.180 e. The second-order valence-corrected chi connectivity index (χ2v) is 12.0. The molecule has 0 spiro atoms. The number of nitrogens with zero attached hydrogens (tertiary/aromatic N) is 1. The quantitative estimate of drug-likeness (QED) is 0.183. The van der Waals surface area contributed by atoms with Crippen molar-refractivity contribution in [1.82, 2.24) is 4.57 Å². The monoisotopic (exact) mass is 573 g/mol. The summed E-state index contributed by atoms with van der Waals surface area (Å²) < 4.78 is 15.7. The van der Waals surface area contributed by atoms with Gasteiger partial charge in [0.05, 0.1) is 16.4 Å². The van der Waals surface area contributed by atoms with Gasteiger partial charge in [-0.15, -0.1) is 0 Å². The van der Waals surface area contributed by atoms with E-state index in [9.17, 15) is 0 Å². The maximum atomic E-state index is 6.66. The van der Waals surface area contributed by atoms with Crippen molar-refractivity contribution in [1.29, 1.82) is 0 Å². The Balaban J connectivity index is 1.41. The van der Waals surface area contributed by atoms with E-state index in [-0.39, 0.29) is 0 Å². The fourth-order valence-electron chi connectivity index (χ4n) is 7.93. The molecule has 45 heavy (non-hydrogen) atoms. The van der Waals surface area contributed by atoms with Crippen molar-refractivity contribution in [3.8, 4) is 5.69 Å². The minimum absolute atomic E-state index is 0.788. The van der Waals surface area contributed by atoms with Gasteiger partial charge in [0, 0.05) is 32.6 Å². The highest BCUT2D eigenvalue weighted by Gasteiger charge is 2.26. The van der Waals surface area contributed by atoms with E-state index < -0.39 is 0 Å². The van der Waals surface area contributed by atoms with Crippen LogP contribution in [0.5, 0.6) is 0 Å². The molecule has 0 aliphatic rings. The normalized spacial score (nSPS) is 12.4. The Morgan fingerprint density at radius 2 is 0.822 bits per heavy atom. The average molecular weight is 574 g/mol. The summed E-state index contributed by atoms with van der Waals surface area (Å²) >= 11 is 0. The molecule has 0 radical (unpaired) electrons. The van der Waals surface area contributed by atoms with E-state index in [0.29, 0.717) is 0 Å². The van der Waals surface area contributed by atoms with Crippen molar-refractivity contribution in [3.05, 3.63) is 140 Å². The third-order valence-electron chi connectivity index (χ3n) is 9.74. The van der Waals surface area contributed by atoms with Crippen LogP contribution < -0.4 is 0 Å². The van der Waals surface area contributed by atoms with Crippen molar-refractivity contribution >= 4 is 98.0 Å². The van der Waals surface area contributed by atoms with Crippen LogP contribution in [0.25, 0.3) is 104 Å². The first kappa shape index (κ1) is 23.4. The highest BCUT2D eigenvalue weighted by molar-refractivity contribution is 6.38. The molecule has 0 N–H and O–H groups in total. The van der Waals surface area contributed by atoms with Crippen LogP contribution in [0.1, 0.15) is 0 Å². The molecule has 3 aromatic heterocycles. The SMILES string of the molecule is c1ccc2c(c1)oc1c3oc4ccccc4c3c3c(c4ccccc4n3-c3ccc4c5ccccc5c5ccccc5c4c3)c21. The lowest BCUT2D eigenvalue weighted by atomic mass is 9.94. The molecular formula is C42H23NO2. The highest BCUT2D eigenvalue weighted by Crippen LogP contribution is 2.49. The molecule has 0 fully saturated rings. The summed E-state index contributed by atoms with van der Waals surface area (Å²) in [6.45, 7) is 0. The molecule has 11 rings (SSSR count). The first-order chi connectivity index (χ1) is 22.3. The molecule has 0 saturated heterocycles. The van der Waals surface area contributed by atoms with Crippen LogP contribution in [-0.2, 0) is 0 Å². The zero-order valence-electron chi connectivity index (χ0n) is 24.0. The summed E-state index contributed by atoms with van der Waals surface area (Å²) in [5.74, 6) is 0. The Bertz CT molecular complexity index is 3010. The Kier molecular flexibility index (Phi) is 4.32. The molecule has 0 bridgehead atoms. The standard InChI is InChI=1S/C42H23NO2/c1-2-13-27-25(11-1)26-12-3-4-14-28(26)33-23-24(21-22-29(27)33)43-34-18-8-5-15-30(34)37-38-31-16-6-9-19-35(31)44-41(38)42-39(40(37)43)32-17-7-10-20-36(32)45-42/h1-23H. The van der Waals surface area contributed by atoms with Crippen LogP contribution in [0.15, 0.2) is 148 Å². The molecule has 0 aliphatic heterocycles. The second kappa shape index (κ2) is 8.31. The topological polar surface area (TPSA) is 31.2 Å². The average Bonchev–Trinajstić information content (AvgIpc) is 3.78. The van der Waals surface area contributed by atoms with Gasteiger partial charge in [-0.2, -0.15) is 0 Å². The fraction of sp³-hybridized carbons (Fsp3) is 0. The summed E-state index contributed by atoms with van der Waals surface area (Å²) in [5.41, 5.74) is 6.72. The zero-order chi connectivity index (χ0) is 29.2. The summed E-state index contributed by atoms with van der Waals surface area (Å²) in [4.78, 5) is 0. The van der Waals surface area contributed by atoms with Gasteiger partial charge in [-0.25, -0.2) is 0 Å². The molecule has 0 unspecified atom stereocenters. The predicted molar refractivity (Wildman–Crippen MR) is 188 cm³/mol. The molecule has 0 aliphatic carbocycles. The van der Waals surface area contributed by atoms with Gasteiger partial charge in [0.2, 0.25) is 0 Å². The minimum Gasteiger partial charge on any atom is -0.452 e. The molecule has 3 heteroatoms. The molecule has 11 aromatic rings. The maximum absolute atomic E-state index is 6.66. The van der Waals surface area contributed by atoms with Crippen molar-refractivity contribution in [2.75, 3.05) is 0 Å². The van der Waals surface area contributed by atoms with Gasteiger partial charge < -0.3 is 13.4 Å². The van der Waals surface area contributed by atoms with E-state index in [1.165, 1.54) is 43.1 Å². The van der Waals surface area contributed by atoms with E-state index in [2.05, 4.69) is 126 Å². The van der Waals surface area contributed by atoms with E-state index >= 15 is 0 Å². The summed E-state index contributed by atoms with van der Waals surface area (Å²) in [7, 11) is 0. The highest BCUT2D eigenvalue weighted by atomic mass is 16.4. The van der Waals surface area contributed by atoms with Crippen LogP contribution in [0.3, 0.4) is 0 Å². The van der Waals surface area contributed by atoms with E-state index in [1.54, 1.807) is 0 Å². The number of hydrogen-bond donors (Lipinski definition) is 0. The van der Waals surface area contributed by atoms with E-state index in [1.807, 2.05) is 18.2 Å². The lowest BCUT2D eigenvalue weighted by Gasteiger charge is -2.14. The van der Waals surface area contributed by atoms with Crippen LogP contribution in [0, 0.1) is 0 Å². The maximum Gasteiger partial charge on any atom is 0.180 e. The number of hydrogen-bond acceptors (Lipinski definition) is 2. The molecule has 0 amide bonds. The van der Waals surface area contributed by atoms with Crippen molar-refractivity contribution in [3.63, 3.8) is 0 Å². The summed E-state index contributed by atoms with van der Waals surface area (Å²) in [6.07, 6.45) is 0. The van der Waals surface area contributed by atoms with Gasteiger partial charge in [-0.1, -0.05) is 109 Å². The van der Waals surface area contributed by atoms with Crippen molar-refractivity contribution < 1.29 is 8.83 Å². The van der Waals surface area contributed by atoms with Gasteiger partial charge in [-0.3, -0.25) is 0 Å². The van der Waals surface area contributed by atoms with Gasteiger partial charge in [-0.05, 0) is 62.6 Å². The number of rotatable bonds is 1. The lowest BCUT2D eigenvalue weighted by molar-refractivity contribution is 0.633. The van der Waals surface area contributed by atoms with Crippen LogP contribution in [0.4, 0.5) is 0 Å². The number of para-hydroxylation sites is 3. The van der Waals surface area contributed by atoms with Crippen molar-refractivity contribution in [2.24, 2.45) is 0 Å². The molecule has 8 aromatic carbocycles. The van der Waals surface area contributed by atoms with Crippen molar-refractivity contribution in [2.45, 2.75) is 0 Å². The number of fused-ring (bicyclic) bond motifs is 18. The summed E-state index contributed by atoms with van der Waals surface area (Å²) in [5, 5.41) is 14.3. The number of furan rings is 2. The Morgan fingerprint density at radius 1 is 0.356 bits per heavy atom. The first-order valence-corrected chi connectivity index (χ1v) is 15.4. The Morgan fingerprint density at radius 3 is 1.47 bits per heavy atom. The van der Waals surface area contributed by atoms with Crippen LogP contribution in [-0.4, -0.2) is 4.57 Å². The summed E-state index contributed by atoms with van der Waals surface area (Å²) in [6, 6.07) is 49.9. The second-order valence-electron chi connectivity index (χ2n) is 12.0. The van der Waals surface area contributed by atoms with Gasteiger partial charge in [0.15, 0.2) is 11.2 Å². The molecule has 3 heterocycles. The first-order valence-electron chi connectivity index (χ1n) is 15.4. The molecular weight excluding hydrogens is 550 g/mol. The largest absolute Gasteiger partial charge is 0.452 e.